The van der Waals surface area contributed by atoms with Gasteiger partial charge in [0.2, 0.25) is 0 Å². The van der Waals surface area contributed by atoms with E-state index in [-0.39, 0.29) is 63.3 Å². The standard InChI is InChI=1S/2C18H16N.2C5H8O2.2Ir/c1-12-5-4-6-15(9-12)17-11-14(3)16-8-7-13(2)10-18(16)19-17;1-12-8-9-16-14(3)11-18(19-17(16)10-12)15-7-5-4-6-13(15)2;2*1-4(6)3-5(2)7;;/h4-5,7-11H,1-3H3;4-6,8-11H,1-3H3;2*3,6H,1-2H3;;/q2*-1;;;;. The van der Waals surface area contributed by atoms with Gasteiger partial charge < -0.3 is 10.2 Å². The number of benzene rings is 4. The molecule has 2 heterocycles. The van der Waals surface area contributed by atoms with E-state index in [4.69, 9.17) is 20.2 Å². The molecule has 0 aliphatic rings. The van der Waals surface area contributed by atoms with Crippen molar-refractivity contribution in [2.75, 3.05) is 0 Å². The van der Waals surface area contributed by atoms with Gasteiger partial charge in [0.15, 0.2) is 11.6 Å². The van der Waals surface area contributed by atoms with Crippen molar-refractivity contribution in [3.8, 4) is 22.5 Å². The molecular weight excluding hydrogens is 1030 g/mol. The second-order valence-electron chi connectivity index (χ2n) is 13.0. The molecule has 0 amide bonds. The van der Waals surface area contributed by atoms with E-state index in [1.807, 2.05) is 18.2 Å². The summed E-state index contributed by atoms with van der Waals surface area (Å²) in [5.74, 6) is -0.125. The zero-order valence-electron chi connectivity index (χ0n) is 32.5. The molecule has 0 aliphatic carbocycles. The number of carbonyl (C=O) groups is 2. The molecule has 4 aromatic carbocycles. The summed E-state index contributed by atoms with van der Waals surface area (Å²) >= 11 is 0. The number of hydrogen-bond donors (Lipinski definition) is 2. The first-order valence-corrected chi connectivity index (χ1v) is 17.0. The van der Waals surface area contributed by atoms with Crippen molar-refractivity contribution in [3.63, 3.8) is 0 Å². The third-order valence-electron chi connectivity index (χ3n) is 7.72. The van der Waals surface area contributed by atoms with E-state index in [0.717, 1.165) is 33.5 Å². The summed E-state index contributed by atoms with van der Waals surface area (Å²) < 4.78 is 0. The van der Waals surface area contributed by atoms with Crippen molar-refractivity contribution in [3.05, 3.63) is 154 Å². The number of carbonyl (C=O) groups excluding carboxylic acids is 2. The Balaban J connectivity index is 0.000000393. The number of nitrogens with zero attached hydrogens (tertiary/aromatic N) is 2. The second-order valence-corrected chi connectivity index (χ2v) is 13.0. The number of aromatic nitrogens is 2. The van der Waals surface area contributed by atoms with Crippen LogP contribution in [0.2, 0.25) is 0 Å². The minimum absolute atomic E-state index is 0. The Hall–Kier alpha value is -4.58. The fraction of sp³-hybridized carbons (Fsp3) is 0.217. The Bertz CT molecular complexity index is 2240. The van der Waals surface area contributed by atoms with E-state index in [1.165, 1.54) is 84.0 Å². The molecule has 6 aromatic rings. The molecule has 286 valence electrons. The minimum Gasteiger partial charge on any atom is -0.512 e. The smallest absolute Gasteiger partial charge is 0.155 e. The van der Waals surface area contributed by atoms with Crippen molar-refractivity contribution in [1.82, 2.24) is 9.97 Å². The zero-order chi connectivity index (χ0) is 38.5. The van der Waals surface area contributed by atoms with E-state index in [1.54, 1.807) is 0 Å². The third kappa shape index (κ3) is 15.0. The molecular formula is C46H48Ir2N2O4-2. The summed E-state index contributed by atoms with van der Waals surface area (Å²) in [5, 5.41) is 19.2. The van der Waals surface area contributed by atoms with Crippen molar-refractivity contribution in [2.24, 2.45) is 0 Å². The first kappa shape index (κ1) is 47.4. The predicted octanol–water partition coefficient (Wildman–Crippen LogP) is 11.3. The van der Waals surface area contributed by atoms with Gasteiger partial charge in [-0.2, -0.15) is 0 Å². The number of rotatable bonds is 4. The van der Waals surface area contributed by atoms with Gasteiger partial charge in [-0.1, -0.05) is 50.2 Å². The van der Waals surface area contributed by atoms with E-state index < -0.39 is 0 Å². The molecule has 0 saturated heterocycles. The van der Waals surface area contributed by atoms with Crippen LogP contribution in [0.4, 0.5) is 0 Å². The molecule has 2 N–H and O–H groups in total. The molecule has 6 rings (SSSR count). The van der Waals surface area contributed by atoms with Crippen LogP contribution >= 0.6 is 0 Å². The van der Waals surface area contributed by atoms with Gasteiger partial charge >= 0.3 is 0 Å². The second kappa shape index (κ2) is 22.6. The minimum atomic E-state index is -0.125. The first-order chi connectivity index (χ1) is 24.5. The molecule has 0 bridgehead atoms. The van der Waals surface area contributed by atoms with Gasteiger partial charge in [0, 0.05) is 63.1 Å². The summed E-state index contributed by atoms with van der Waals surface area (Å²) in [5.41, 5.74) is 13.7. The number of allylic oxidation sites excluding steroid dienone is 4. The van der Waals surface area contributed by atoms with Crippen LogP contribution in [0.5, 0.6) is 0 Å². The monoisotopic (exact) mass is 1080 g/mol. The van der Waals surface area contributed by atoms with Crippen LogP contribution in [0.3, 0.4) is 0 Å². The Labute approximate surface area is 347 Å². The normalized spacial score (nSPS) is 10.6. The maximum Gasteiger partial charge on any atom is 0.155 e. The first-order valence-electron chi connectivity index (χ1n) is 17.0. The van der Waals surface area contributed by atoms with E-state index >= 15 is 0 Å². The van der Waals surface area contributed by atoms with Gasteiger partial charge in [-0.05, 0) is 101 Å². The van der Waals surface area contributed by atoms with Crippen molar-refractivity contribution in [1.29, 1.82) is 0 Å². The van der Waals surface area contributed by atoms with Crippen molar-refractivity contribution < 1.29 is 60.0 Å². The Morgan fingerprint density at radius 2 is 1.02 bits per heavy atom. The molecule has 0 aliphatic heterocycles. The van der Waals surface area contributed by atoms with Crippen molar-refractivity contribution >= 4 is 33.4 Å². The van der Waals surface area contributed by atoms with Crippen LogP contribution in [-0.4, -0.2) is 31.7 Å². The summed E-state index contributed by atoms with van der Waals surface area (Å²) in [6.45, 7) is 18.4. The van der Waals surface area contributed by atoms with Gasteiger partial charge in [0.1, 0.15) is 0 Å². The van der Waals surface area contributed by atoms with Crippen LogP contribution in [0.1, 0.15) is 61.1 Å². The van der Waals surface area contributed by atoms with E-state index in [0.29, 0.717) is 0 Å². The largest absolute Gasteiger partial charge is 0.512 e. The molecule has 0 unspecified atom stereocenters. The molecule has 8 heteroatoms. The van der Waals surface area contributed by atoms with Gasteiger partial charge in [-0.25, -0.2) is 0 Å². The summed E-state index contributed by atoms with van der Waals surface area (Å²) in [6, 6.07) is 35.9. The Morgan fingerprint density at radius 3 is 1.44 bits per heavy atom. The fourth-order valence-corrected chi connectivity index (χ4v) is 5.40. The number of ketones is 2. The zero-order valence-corrected chi connectivity index (χ0v) is 37.3. The fourth-order valence-electron chi connectivity index (χ4n) is 5.40. The number of fused-ring (bicyclic) bond motifs is 2. The van der Waals surface area contributed by atoms with Gasteiger partial charge in [0.05, 0.1) is 22.6 Å². The topological polar surface area (TPSA) is 100 Å². The van der Waals surface area contributed by atoms with Gasteiger partial charge in [-0.3, -0.25) is 19.6 Å². The summed E-state index contributed by atoms with van der Waals surface area (Å²) in [6.07, 6.45) is 2.33. The van der Waals surface area contributed by atoms with Crippen LogP contribution in [-0.2, 0) is 49.8 Å². The van der Waals surface area contributed by atoms with Crippen LogP contribution < -0.4 is 0 Å². The number of hydrogen-bond acceptors (Lipinski definition) is 6. The molecule has 0 spiro atoms. The van der Waals surface area contributed by atoms with Crippen molar-refractivity contribution in [2.45, 2.75) is 69.2 Å². The Kier molecular flexibility index (Phi) is 19.8. The quantitative estimate of drug-likeness (QED) is 0.104. The molecule has 2 aromatic heterocycles. The predicted molar refractivity (Wildman–Crippen MR) is 215 cm³/mol. The van der Waals surface area contributed by atoms with Crippen LogP contribution in [0.15, 0.2) is 109 Å². The average molecular weight is 1080 g/mol. The Morgan fingerprint density at radius 1 is 0.556 bits per heavy atom. The van der Waals surface area contributed by atoms with Crippen LogP contribution in [0.25, 0.3) is 44.3 Å². The third-order valence-corrected chi connectivity index (χ3v) is 7.72. The molecule has 54 heavy (non-hydrogen) atoms. The van der Waals surface area contributed by atoms with E-state index in [9.17, 15) is 9.59 Å². The van der Waals surface area contributed by atoms with Gasteiger partial charge in [0.25, 0.3) is 0 Å². The summed E-state index contributed by atoms with van der Waals surface area (Å²) in [4.78, 5) is 29.6. The number of pyridine rings is 2. The van der Waals surface area contributed by atoms with E-state index in [2.05, 4.69) is 120 Å². The maximum absolute atomic E-state index is 10.0. The average Bonchev–Trinajstić information content (AvgIpc) is 3.04. The molecule has 0 saturated carbocycles. The van der Waals surface area contributed by atoms with Crippen LogP contribution in [0, 0.1) is 53.7 Å². The SMILES string of the molecule is CC(=O)C=C(C)O.CC(=O)C=C(C)O.Cc1cc[c-]c(-c2cc(C)c3ccc(C)cc3n2)c1.Cc1ccc2c(C)cc(-c3[c-]cccc3C)nc2c1.[Ir].[Ir]. The summed E-state index contributed by atoms with van der Waals surface area (Å²) in [7, 11) is 0. The molecule has 2 radical (unpaired) electrons. The molecule has 6 nitrogen and oxygen atoms in total. The number of aliphatic hydroxyl groups excluding tert-OH is 2. The molecule has 0 fully saturated rings. The molecule has 0 atom stereocenters. The maximum atomic E-state index is 10.0. The number of aliphatic hydroxyl groups is 2. The van der Waals surface area contributed by atoms with Gasteiger partial charge in [-0.15, -0.1) is 70.8 Å². The number of aryl methyl sites for hydroxylation is 6.